The van der Waals surface area contributed by atoms with Crippen LogP contribution in [-0.4, -0.2) is 30.8 Å². The molecule has 2 fully saturated rings. The summed E-state index contributed by atoms with van der Waals surface area (Å²) in [5, 5.41) is 2.77. The zero-order chi connectivity index (χ0) is 19.2. The molecule has 5 heteroatoms. The van der Waals surface area contributed by atoms with E-state index in [1.54, 1.807) is 12.1 Å². The molecule has 0 heterocycles. The second-order valence-corrected chi connectivity index (χ2v) is 8.01. The second kappa shape index (κ2) is 9.16. The van der Waals surface area contributed by atoms with Crippen molar-refractivity contribution in [2.75, 3.05) is 13.2 Å². The van der Waals surface area contributed by atoms with Gasteiger partial charge in [-0.05, 0) is 55.4 Å². The summed E-state index contributed by atoms with van der Waals surface area (Å²) in [4.78, 5) is 35.1. The summed E-state index contributed by atoms with van der Waals surface area (Å²) in [6, 6.07) is 7.38. The average Bonchev–Trinajstić information content (AvgIpc) is 3.26. The number of hydrogen-bond donors (Lipinski definition) is 1. The fourth-order valence-corrected chi connectivity index (χ4v) is 4.54. The molecule has 0 aromatic heterocycles. The second-order valence-electron chi connectivity index (χ2n) is 8.01. The molecule has 2 aliphatic rings. The number of aryl methyl sites for hydroxylation is 1. The first kappa shape index (κ1) is 19.6. The first-order valence-electron chi connectivity index (χ1n) is 10.0. The highest BCUT2D eigenvalue weighted by Crippen LogP contribution is 2.49. The first-order valence-corrected chi connectivity index (χ1v) is 10.0. The van der Waals surface area contributed by atoms with Crippen molar-refractivity contribution < 1.29 is 19.1 Å². The van der Waals surface area contributed by atoms with Gasteiger partial charge in [-0.15, -0.1) is 0 Å². The van der Waals surface area contributed by atoms with E-state index in [9.17, 15) is 14.4 Å². The number of ether oxygens (including phenoxy) is 1. The number of benzene rings is 1. The van der Waals surface area contributed by atoms with Gasteiger partial charge in [0.1, 0.15) is 0 Å². The van der Waals surface area contributed by atoms with Gasteiger partial charge in [0.05, 0.1) is 0 Å². The van der Waals surface area contributed by atoms with E-state index in [1.165, 1.54) is 26.2 Å². The van der Waals surface area contributed by atoms with Gasteiger partial charge in [-0.1, -0.05) is 30.7 Å². The highest BCUT2D eigenvalue weighted by atomic mass is 16.5. The Morgan fingerprint density at radius 2 is 1.89 bits per heavy atom. The van der Waals surface area contributed by atoms with Crippen LogP contribution in [-0.2, 0) is 20.7 Å². The van der Waals surface area contributed by atoms with E-state index in [2.05, 4.69) is 5.32 Å². The SMILES string of the molecule is CC(=O)NCCCc1ccc(C(=O)COC(=O)C[C@H]2C[C@@H]3CC[C@@H]2C3)cc1. The molecule has 27 heavy (non-hydrogen) atoms. The van der Waals surface area contributed by atoms with Crippen molar-refractivity contribution in [2.24, 2.45) is 17.8 Å². The Morgan fingerprint density at radius 3 is 2.52 bits per heavy atom. The Morgan fingerprint density at radius 1 is 1.11 bits per heavy atom. The van der Waals surface area contributed by atoms with Crippen LogP contribution in [0.4, 0.5) is 0 Å². The lowest BCUT2D eigenvalue weighted by molar-refractivity contribution is -0.144. The maximum absolute atomic E-state index is 12.2. The molecule has 0 aliphatic heterocycles. The Hall–Kier alpha value is -2.17. The molecular weight excluding hydrogens is 342 g/mol. The predicted octanol–water partition coefficient (Wildman–Crippen LogP) is 3.31. The number of nitrogens with one attached hydrogen (secondary N) is 1. The quantitative estimate of drug-likeness (QED) is 0.411. The molecule has 2 bridgehead atoms. The molecule has 146 valence electrons. The van der Waals surface area contributed by atoms with E-state index in [0.717, 1.165) is 30.7 Å². The zero-order valence-corrected chi connectivity index (χ0v) is 16.0. The fraction of sp³-hybridized carbons (Fsp3) is 0.591. The minimum Gasteiger partial charge on any atom is -0.457 e. The van der Waals surface area contributed by atoms with E-state index in [1.807, 2.05) is 12.1 Å². The molecule has 0 saturated heterocycles. The number of Topliss-reactive ketones (excluding diaryl/α,β-unsaturated/α-hetero) is 1. The van der Waals surface area contributed by atoms with Gasteiger partial charge in [-0.2, -0.15) is 0 Å². The molecule has 1 amide bonds. The fourth-order valence-electron chi connectivity index (χ4n) is 4.54. The van der Waals surface area contributed by atoms with Crippen LogP contribution in [0.15, 0.2) is 24.3 Å². The van der Waals surface area contributed by atoms with Crippen molar-refractivity contribution in [2.45, 2.75) is 51.9 Å². The van der Waals surface area contributed by atoms with Gasteiger partial charge in [0.2, 0.25) is 5.91 Å². The molecule has 2 saturated carbocycles. The number of fused-ring (bicyclic) bond motifs is 2. The number of esters is 1. The Bertz CT molecular complexity index is 682. The van der Waals surface area contributed by atoms with E-state index in [-0.39, 0.29) is 24.3 Å². The summed E-state index contributed by atoms with van der Waals surface area (Å²) < 4.78 is 5.23. The van der Waals surface area contributed by atoms with E-state index >= 15 is 0 Å². The average molecular weight is 371 g/mol. The molecule has 0 radical (unpaired) electrons. The number of rotatable bonds is 9. The standard InChI is InChI=1S/C22H29NO4/c1-15(24)23-10-2-3-16-4-7-18(8-5-16)21(25)14-27-22(26)13-20-12-17-6-9-19(20)11-17/h4-5,7-8,17,19-20H,2-3,6,9-14H2,1H3,(H,23,24)/t17-,19-,20-/m1/s1. The Labute approximate surface area is 160 Å². The van der Waals surface area contributed by atoms with E-state index in [4.69, 9.17) is 4.74 Å². The Balaban J connectivity index is 1.37. The summed E-state index contributed by atoms with van der Waals surface area (Å²) in [7, 11) is 0. The number of carbonyl (C=O) groups is 3. The van der Waals surface area contributed by atoms with Gasteiger partial charge < -0.3 is 10.1 Å². The third-order valence-corrected chi connectivity index (χ3v) is 5.97. The summed E-state index contributed by atoms with van der Waals surface area (Å²) in [6.45, 7) is 1.97. The molecule has 0 unspecified atom stereocenters. The number of amides is 1. The van der Waals surface area contributed by atoms with Crippen LogP contribution in [0.1, 0.15) is 61.4 Å². The number of hydrogen-bond acceptors (Lipinski definition) is 4. The van der Waals surface area contributed by atoms with Crippen LogP contribution >= 0.6 is 0 Å². The highest BCUT2D eigenvalue weighted by molar-refractivity contribution is 5.97. The maximum Gasteiger partial charge on any atom is 0.306 e. The van der Waals surface area contributed by atoms with E-state index < -0.39 is 0 Å². The molecule has 3 rings (SSSR count). The van der Waals surface area contributed by atoms with Crippen LogP contribution in [0.2, 0.25) is 0 Å². The lowest BCUT2D eigenvalue weighted by Crippen LogP contribution is -2.21. The van der Waals surface area contributed by atoms with Gasteiger partial charge in [-0.25, -0.2) is 0 Å². The van der Waals surface area contributed by atoms with Crippen LogP contribution in [0.3, 0.4) is 0 Å². The molecule has 1 aromatic rings. The minimum atomic E-state index is -0.240. The lowest BCUT2D eigenvalue weighted by atomic mass is 9.86. The molecular formula is C22H29NO4. The third kappa shape index (κ3) is 5.65. The van der Waals surface area contributed by atoms with Crippen molar-refractivity contribution in [3.05, 3.63) is 35.4 Å². The minimum absolute atomic E-state index is 0.0223. The number of carbonyl (C=O) groups excluding carboxylic acids is 3. The van der Waals surface area contributed by atoms with E-state index in [0.29, 0.717) is 30.4 Å². The molecule has 1 aromatic carbocycles. The molecule has 5 nitrogen and oxygen atoms in total. The van der Waals surface area contributed by atoms with Gasteiger partial charge in [0.25, 0.3) is 0 Å². The highest BCUT2D eigenvalue weighted by Gasteiger charge is 2.40. The third-order valence-electron chi connectivity index (χ3n) is 5.97. The normalized spacial score (nSPS) is 23.2. The zero-order valence-electron chi connectivity index (χ0n) is 16.0. The van der Waals surface area contributed by atoms with Crippen molar-refractivity contribution in [3.8, 4) is 0 Å². The van der Waals surface area contributed by atoms with Gasteiger partial charge >= 0.3 is 5.97 Å². The van der Waals surface area contributed by atoms with Crippen molar-refractivity contribution >= 4 is 17.7 Å². The molecule has 3 atom stereocenters. The van der Waals surface area contributed by atoms with Crippen molar-refractivity contribution in [3.63, 3.8) is 0 Å². The van der Waals surface area contributed by atoms with Gasteiger partial charge in [0.15, 0.2) is 12.4 Å². The van der Waals surface area contributed by atoms with Gasteiger partial charge in [-0.3, -0.25) is 14.4 Å². The summed E-state index contributed by atoms with van der Waals surface area (Å²) in [6.07, 6.45) is 7.14. The molecule has 0 spiro atoms. The molecule has 1 N–H and O–H groups in total. The summed E-state index contributed by atoms with van der Waals surface area (Å²) in [5.41, 5.74) is 1.68. The summed E-state index contributed by atoms with van der Waals surface area (Å²) in [5.74, 6) is 1.54. The largest absolute Gasteiger partial charge is 0.457 e. The van der Waals surface area contributed by atoms with Crippen LogP contribution in [0.5, 0.6) is 0 Å². The van der Waals surface area contributed by atoms with Crippen LogP contribution < -0.4 is 5.32 Å². The Kier molecular flexibility index (Phi) is 6.64. The smallest absolute Gasteiger partial charge is 0.306 e. The van der Waals surface area contributed by atoms with Gasteiger partial charge in [0, 0.05) is 25.5 Å². The number of ketones is 1. The first-order chi connectivity index (χ1) is 13.0. The van der Waals surface area contributed by atoms with Crippen molar-refractivity contribution in [1.29, 1.82) is 0 Å². The summed E-state index contributed by atoms with van der Waals surface area (Å²) >= 11 is 0. The monoisotopic (exact) mass is 371 g/mol. The van der Waals surface area contributed by atoms with Crippen molar-refractivity contribution in [1.82, 2.24) is 5.32 Å². The molecule has 2 aliphatic carbocycles. The van der Waals surface area contributed by atoms with Crippen LogP contribution in [0.25, 0.3) is 0 Å². The maximum atomic E-state index is 12.2. The lowest BCUT2D eigenvalue weighted by Gasteiger charge is -2.20. The van der Waals surface area contributed by atoms with Crippen LogP contribution in [0, 0.1) is 17.8 Å². The predicted molar refractivity (Wildman–Crippen MR) is 102 cm³/mol. The topological polar surface area (TPSA) is 72.5 Å².